The molecule has 0 N–H and O–H groups in total. The molecule has 0 atom stereocenters. The fourth-order valence-electron chi connectivity index (χ4n) is 1.99. The minimum atomic E-state index is -4.52. The first kappa shape index (κ1) is 13.7. The number of ether oxygens (including phenoxy) is 1. The molecule has 1 saturated heterocycles. The van der Waals surface area contributed by atoms with Crippen LogP contribution in [-0.4, -0.2) is 33.9 Å². The fraction of sp³-hybridized carbons (Fsp3) is 0.636. The van der Waals surface area contributed by atoms with Crippen LogP contribution in [0.1, 0.15) is 25.0 Å². The highest BCUT2D eigenvalue weighted by Crippen LogP contribution is 2.31. The Hall–Kier alpha value is -1.73. The first-order valence-corrected chi connectivity index (χ1v) is 5.96. The van der Waals surface area contributed by atoms with E-state index in [4.69, 9.17) is 4.74 Å². The summed E-state index contributed by atoms with van der Waals surface area (Å²) in [6.45, 7) is 1.13. The molecule has 0 spiro atoms. The number of piperidine rings is 1. The molecule has 8 heteroatoms. The van der Waals surface area contributed by atoms with E-state index in [0.29, 0.717) is 17.8 Å². The zero-order valence-electron chi connectivity index (χ0n) is 10.4. The van der Waals surface area contributed by atoms with Gasteiger partial charge in [-0.1, -0.05) is 0 Å². The van der Waals surface area contributed by atoms with Crippen LogP contribution < -0.4 is 4.74 Å². The predicted molar refractivity (Wildman–Crippen MR) is 59.7 cm³/mol. The Kier molecular flexibility index (Phi) is 3.68. The summed E-state index contributed by atoms with van der Waals surface area (Å²) in [5.41, 5.74) is -0.950. The SMILES string of the molecule is Cn1nc(OC(=O)N2CCCCC2)cc1C(F)(F)F. The minimum Gasteiger partial charge on any atom is -0.389 e. The third kappa shape index (κ3) is 3.18. The number of likely N-dealkylation sites (tertiary alicyclic amines) is 1. The molecule has 1 aromatic rings. The lowest BCUT2D eigenvalue weighted by atomic mass is 10.1. The minimum absolute atomic E-state index is 0.328. The summed E-state index contributed by atoms with van der Waals surface area (Å²) in [6.07, 6.45) is -2.36. The Labute approximate surface area is 107 Å². The van der Waals surface area contributed by atoms with Crippen molar-refractivity contribution in [1.29, 1.82) is 0 Å². The van der Waals surface area contributed by atoms with Gasteiger partial charge in [-0.25, -0.2) is 4.79 Å². The second-order valence-corrected chi connectivity index (χ2v) is 4.40. The van der Waals surface area contributed by atoms with Crippen molar-refractivity contribution in [3.63, 3.8) is 0 Å². The molecule has 0 aliphatic carbocycles. The van der Waals surface area contributed by atoms with Gasteiger partial charge in [-0.3, -0.25) is 4.68 Å². The molecule has 0 saturated carbocycles. The van der Waals surface area contributed by atoms with Gasteiger partial charge in [0.15, 0.2) is 0 Å². The van der Waals surface area contributed by atoms with E-state index in [0.717, 1.165) is 32.4 Å². The molecule has 1 aliphatic rings. The number of hydrogen-bond acceptors (Lipinski definition) is 3. The average molecular weight is 277 g/mol. The van der Waals surface area contributed by atoms with Gasteiger partial charge in [0.05, 0.1) is 0 Å². The standard InChI is InChI=1S/C11H14F3N3O2/c1-16-8(11(12,13)14)7-9(15-16)19-10(18)17-5-3-2-4-6-17/h7H,2-6H2,1H3. The maximum Gasteiger partial charge on any atom is 0.433 e. The van der Waals surface area contributed by atoms with Gasteiger partial charge in [0.25, 0.3) is 0 Å². The van der Waals surface area contributed by atoms with Crippen molar-refractivity contribution in [1.82, 2.24) is 14.7 Å². The number of hydrogen-bond donors (Lipinski definition) is 0. The third-order valence-electron chi connectivity index (χ3n) is 2.95. The summed E-state index contributed by atoms with van der Waals surface area (Å²) in [5, 5.41) is 3.54. The molecule has 106 valence electrons. The van der Waals surface area contributed by atoms with Crippen LogP contribution >= 0.6 is 0 Å². The zero-order chi connectivity index (χ0) is 14.0. The monoisotopic (exact) mass is 277 g/mol. The summed E-state index contributed by atoms with van der Waals surface area (Å²) in [5.74, 6) is -0.328. The van der Waals surface area contributed by atoms with Crippen molar-refractivity contribution in [2.75, 3.05) is 13.1 Å². The lowest BCUT2D eigenvalue weighted by Crippen LogP contribution is -2.37. The van der Waals surface area contributed by atoms with Crippen LogP contribution in [-0.2, 0) is 13.2 Å². The molecule has 2 rings (SSSR count). The lowest BCUT2D eigenvalue weighted by molar-refractivity contribution is -0.143. The smallest absolute Gasteiger partial charge is 0.389 e. The Bertz CT molecular complexity index is 464. The molecular formula is C11H14F3N3O2. The maximum atomic E-state index is 12.5. The van der Waals surface area contributed by atoms with Crippen molar-refractivity contribution in [2.24, 2.45) is 7.05 Å². The van der Waals surface area contributed by atoms with E-state index < -0.39 is 18.0 Å². The van der Waals surface area contributed by atoms with Crippen LogP contribution in [0.2, 0.25) is 0 Å². The van der Waals surface area contributed by atoms with Gasteiger partial charge in [0, 0.05) is 26.2 Å². The summed E-state index contributed by atoms with van der Waals surface area (Å²) >= 11 is 0. The lowest BCUT2D eigenvalue weighted by Gasteiger charge is -2.25. The maximum absolute atomic E-state index is 12.5. The zero-order valence-corrected chi connectivity index (χ0v) is 10.4. The number of nitrogens with zero attached hydrogens (tertiary/aromatic N) is 3. The van der Waals surface area contributed by atoms with E-state index in [-0.39, 0.29) is 5.88 Å². The first-order chi connectivity index (χ1) is 8.88. The van der Waals surface area contributed by atoms with Crippen molar-refractivity contribution >= 4 is 6.09 Å². The van der Waals surface area contributed by atoms with E-state index in [1.807, 2.05) is 0 Å². The highest BCUT2D eigenvalue weighted by molar-refractivity contribution is 5.70. The van der Waals surface area contributed by atoms with Crippen LogP contribution in [0.3, 0.4) is 0 Å². The Balaban J connectivity index is 2.05. The Morgan fingerprint density at radius 1 is 1.32 bits per heavy atom. The Morgan fingerprint density at radius 2 is 1.95 bits per heavy atom. The second-order valence-electron chi connectivity index (χ2n) is 4.40. The van der Waals surface area contributed by atoms with Crippen LogP contribution in [0.15, 0.2) is 6.07 Å². The number of rotatable bonds is 1. The quantitative estimate of drug-likeness (QED) is 0.792. The normalized spacial score (nSPS) is 16.5. The fourth-order valence-corrected chi connectivity index (χ4v) is 1.99. The van der Waals surface area contributed by atoms with E-state index in [1.54, 1.807) is 0 Å². The van der Waals surface area contributed by atoms with Crippen LogP contribution in [0.25, 0.3) is 0 Å². The molecule has 0 bridgehead atoms. The van der Waals surface area contributed by atoms with Gasteiger partial charge >= 0.3 is 12.3 Å². The predicted octanol–water partition coefficient (Wildman–Crippen LogP) is 2.42. The van der Waals surface area contributed by atoms with Crippen molar-refractivity contribution in [3.05, 3.63) is 11.8 Å². The largest absolute Gasteiger partial charge is 0.433 e. The van der Waals surface area contributed by atoms with Crippen molar-refractivity contribution in [3.8, 4) is 5.88 Å². The van der Waals surface area contributed by atoms with Crippen LogP contribution in [0.5, 0.6) is 5.88 Å². The molecular weight excluding hydrogens is 263 g/mol. The highest BCUT2D eigenvalue weighted by atomic mass is 19.4. The molecule has 0 aromatic carbocycles. The summed E-state index contributed by atoms with van der Waals surface area (Å²) < 4.78 is 43.1. The van der Waals surface area contributed by atoms with Crippen LogP contribution in [0.4, 0.5) is 18.0 Å². The summed E-state index contributed by atoms with van der Waals surface area (Å²) in [4.78, 5) is 13.2. The number of aromatic nitrogens is 2. The van der Waals surface area contributed by atoms with E-state index in [1.165, 1.54) is 4.90 Å². The molecule has 1 amide bonds. The van der Waals surface area contributed by atoms with Crippen molar-refractivity contribution in [2.45, 2.75) is 25.4 Å². The number of aryl methyl sites for hydroxylation is 1. The number of halogens is 3. The number of carbonyl (C=O) groups excluding carboxylic acids is 1. The third-order valence-corrected chi connectivity index (χ3v) is 2.95. The van der Waals surface area contributed by atoms with Crippen LogP contribution in [0, 0.1) is 0 Å². The van der Waals surface area contributed by atoms with Crippen molar-refractivity contribution < 1.29 is 22.7 Å². The van der Waals surface area contributed by atoms with Gasteiger partial charge in [-0.05, 0) is 19.3 Å². The molecule has 0 radical (unpaired) electrons. The van der Waals surface area contributed by atoms with Gasteiger partial charge in [-0.15, -0.1) is 5.10 Å². The average Bonchev–Trinajstić information content (AvgIpc) is 2.71. The highest BCUT2D eigenvalue weighted by Gasteiger charge is 2.35. The molecule has 5 nitrogen and oxygen atoms in total. The van der Waals surface area contributed by atoms with Gasteiger partial charge in [0.1, 0.15) is 5.69 Å². The van der Waals surface area contributed by atoms with E-state index in [9.17, 15) is 18.0 Å². The molecule has 2 heterocycles. The second kappa shape index (κ2) is 5.10. The van der Waals surface area contributed by atoms with E-state index >= 15 is 0 Å². The van der Waals surface area contributed by atoms with Gasteiger partial charge in [-0.2, -0.15) is 13.2 Å². The first-order valence-electron chi connectivity index (χ1n) is 5.96. The van der Waals surface area contributed by atoms with Gasteiger partial charge in [0.2, 0.25) is 5.88 Å². The Morgan fingerprint density at radius 3 is 2.47 bits per heavy atom. The molecule has 19 heavy (non-hydrogen) atoms. The number of alkyl halides is 3. The van der Waals surface area contributed by atoms with E-state index in [2.05, 4.69) is 5.10 Å². The number of carbonyl (C=O) groups is 1. The molecule has 0 unspecified atom stereocenters. The summed E-state index contributed by atoms with van der Waals surface area (Å²) in [6, 6.07) is 0.724. The molecule has 1 aliphatic heterocycles. The number of amides is 1. The topological polar surface area (TPSA) is 47.4 Å². The molecule has 1 aromatic heterocycles. The van der Waals surface area contributed by atoms with Gasteiger partial charge < -0.3 is 9.64 Å². The molecule has 1 fully saturated rings. The summed E-state index contributed by atoms with van der Waals surface area (Å²) in [7, 11) is 1.15.